The Hall–Kier alpha value is -1.31. The summed E-state index contributed by atoms with van der Waals surface area (Å²) in [5.41, 5.74) is 3.96. The molecule has 3 saturated carbocycles. The molecule has 2 heteroatoms. The van der Waals surface area contributed by atoms with Crippen molar-refractivity contribution >= 4 is 5.97 Å². The average Bonchev–Trinajstić information content (AvgIpc) is 3.40. The maximum Gasteiger partial charge on any atom is 0.306 e. The molecule has 8 unspecified atom stereocenters. The summed E-state index contributed by atoms with van der Waals surface area (Å²) in [5.74, 6) is 4.36. The van der Waals surface area contributed by atoms with E-state index in [0.717, 1.165) is 55.3 Å². The number of fused-ring (bicyclic) bond motifs is 5. The minimum atomic E-state index is 0.0506. The lowest BCUT2D eigenvalue weighted by Crippen LogP contribution is -2.51. The molecule has 268 valence electrons. The first-order valence-electron chi connectivity index (χ1n) is 20.9. The number of carbonyl (C=O) groups is 1. The van der Waals surface area contributed by atoms with Crippen molar-refractivity contribution < 1.29 is 9.53 Å². The van der Waals surface area contributed by atoms with E-state index in [9.17, 15) is 4.79 Å². The SMILES string of the molecule is CCCCCCCC/C=C\CCCCCCCC(=O)OC1CCC2(C)C(=CCC3C2CCC2(C)C(C(C)CCC=C(C)C)CCC32)C1. The molecule has 0 N–H and O–H groups in total. The Balaban J connectivity index is 1.12. The van der Waals surface area contributed by atoms with Crippen molar-refractivity contribution in [1.29, 1.82) is 0 Å². The highest BCUT2D eigenvalue weighted by Gasteiger charge is 2.59. The Labute approximate surface area is 292 Å². The molecular weight excluding hydrogens is 572 g/mol. The maximum atomic E-state index is 12.8. The third-order valence-electron chi connectivity index (χ3n) is 13.9. The number of ether oxygens (including phenoxy) is 1. The third kappa shape index (κ3) is 10.6. The molecule has 8 atom stereocenters. The van der Waals surface area contributed by atoms with Gasteiger partial charge in [-0.1, -0.05) is 115 Å². The zero-order chi connectivity index (χ0) is 33.7. The summed E-state index contributed by atoms with van der Waals surface area (Å²) in [5, 5.41) is 0. The molecule has 4 rings (SSSR count). The van der Waals surface area contributed by atoms with Crippen LogP contribution in [-0.2, 0) is 9.53 Å². The fourth-order valence-corrected chi connectivity index (χ4v) is 11.1. The Kier molecular flexibility index (Phi) is 15.7. The standard InChI is InChI=1S/C45H76O2/c1-7-8-9-10-11-12-13-14-15-16-17-18-19-20-21-25-43(46)47-38-30-32-44(5)37(34-38)26-27-39-41-29-28-40(36(4)24-22-23-35(2)3)45(41,6)33-31-42(39)44/h14-15,23,26,36,38-42H,7-13,16-22,24-25,27-34H2,1-6H3/b15-14-. The highest BCUT2D eigenvalue weighted by molar-refractivity contribution is 5.69. The van der Waals surface area contributed by atoms with Gasteiger partial charge < -0.3 is 4.74 Å². The van der Waals surface area contributed by atoms with Crippen LogP contribution >= 0.6 is 0 Å². The first kappa shape index (κ1) is 38.5. The number of hydrogen-bond donors (Lipinski definition) is 0. The molecule has 3 fully saturated rings. The summed E-state index contributed by atoms with van der Waals surface area (Å²) >= 11 is 0. The van der Waals surface area contributed by atoms with E-state index in [1.807, 2.05) is 0 Å². The van der Waals surface area contributed by atoms with Gasteiger partial charge in [-0.2, -0.15) is 0 Å². The van der Waals surface area contributed by atoms with Crippen LogP contribution in [0.2, 0.25) is 0 Å². The molecule has 4 aliphatic rings. The van der Waals surface area contributed by atoms with Crippen molar-refractivity contribution in [3.05, 3.63) is 35.5 Å². The molecule has 0 spiro atoms. The predicted octanol–water partition coefficient (Wildman–Crippen LogP) is 13.9. The van der Waals surface area contributed by atoms with Gasteiger partial charge in [0.15, 0.2) is 0 Å². The summed E-state index contributed by atoms with van der Waals surface area (Å²) in [4.78, 5) is 12.8. The van der Waals surface area contributed by atoms with Crippen LogP contribution in [-0.4, -0.2) is 12.1 Å². The zero-order valence-corrected chi connectivity index (χ0v) is 32.1. The molecular formula is C45H76O2. The summed E-state index contributed by atoms with van der Waals surface area (Å²) < 4.78 is 6.12. The smallest absolute Gasteiger partial charge is 0.306 e. The molecule has 0 bridgehead atoms. The van der Waals surface area contributed by atoms with Crippen LogP contribution in [0.3, 0.4) is 0 Å². The van der Waals surface area contributed by atoms with Crippen LogP contribution in [0.25, 0.3) is 0 Å². The Bertz CT molecular complexity index is 1030. The number of hydrogen-bond acceptors (Lipinski definition) is 2. The average molecular weight is 649 g/mol. The van der Waals surface area contributed by atoms with Crippen molar-refractivity contribution in [2.45, 2.75) is 202 Å². The van der Waals surface area contributed by atoms with Gasteiger partial charge in [0.05, 0.1) is 0 Å². The molecule has 0 aromatic carbocycles. The van der Waals surface area contributed by atoms with E-state index in [1.54, 1.807) is 5.57 Å². The summed E-state index contributed by atoms with van der Waals surface area (Å²) in [7, 11) is 0. The monoisotopic (exact) mass is 649 g/mol. The molecule has 2 nitrogen and oxygen atoms in total. The molecule has 4 aliphatic carbocycles. The van der Waals surface area contributed by atoms with E-state index in [0.29, 0.717) is 17.3 Å². The van der Waals surface area contributed by atoms with E-state index in [-0.39, 0.29) is 12.1 Å². The van der Waals surface area contributed by atoms with Crippen LogP contribution in [0.5, 0.6) is 0 Å². The van der Waals surface area contributed by atoms with E-state index in [1.165, 1.54) is 128 Å². The lowest BCUT2D eigenvalue weighted by molar-refractivity contribution is -0.151. The normalized spacial score (nSPS) is 32.3. The van der Waals surface area contributed by atoms with Crippen molar-refractivity contribution in [1.82, 2.24) is 0 Å². The zero-order valence-electron chi connectivity index (χ0n) is 32.1. The van der Waals surface area contributed by atoms with Gasteiger partial charge >= 0.3 is 5.97 Å². The molecule has 0 amide bonds. The fourth-order valence-electron chi connectivity index (χ4n) is 11.1. The molecule has 0 aromatic heterocycles. The van der Waals surface area contributed by atoms with Gasteiger partial charge in [0.25, 0.3) is 0 Å². The van der Waals surface area contributed by atoms with Crippen LogP contribution in [0.4, 0.5) is 0 Å². The summed E-state index contributed by atoms with van der Waals surface area (Å²) in [6.45, 7) is 14.6. The molecule has 0 aromatic rings. The number of esters is 1. The topological polar surface area (TPSA) is 26.3 Å². The second-order valence-corrected chi connectivity index (χ2v) is 17.5. The minimum Gasteiger partial charge on any atom is -0.462 e. The van der Waals surface area contributed by atoms with Crippen molar-refractivity contribution in [2.24, 2.45) is 40.4 Å². The Morgan fingerprint density at radius 2 is 1.53 bits per heavy atom. The molecule has 47 heavy (non-hydrogen) atoms. The Morgan fingerprint density at radius 1 is 0.851 bits per heavy atom. The van der Waals surface area contributed by atoms with Gasteiger partial charge in [-0.15, -0.1) is 0 Å². The van der Waals surface area contributed by atoms with Crippen LogP contribution in [0.15, 0.2) is 35.5 Å². The highest BCUT2D eigenvalue weighted by atomic mass is 16.5. The quantitative estimate of drug-likeness (QED) is 0.0746. The van der Waals surface area contributed by atoms with Crippen LogP contribution in [0.1, 0.15) is 196 Å². The number of allylic oxidation sites excluding steroid dienone is 5. The second-order valence-electron chi connectivity index (χ2n) is 17.5. The van der Waals surface area contributed by atoms with Gasteiger partial charge in [-0.3, -0.25) is 4.79 Å². The van der Waals surface area contributed by atoms with Gasteiger partial charge in [0, 0.05) is 12.8 Å². The van der Waals surface area contributed by atoms with Crippen molar-refractivity contribution in [3.63, 3.8) is 0 Å². The predicted molar refractivity (Wildman–Crippen MR) is 202 cm³/mol. The summed E-state index contributed by atoms with van der Waals surface area (Å²) in [6.07, 6.45) is 40.2. The van der Waals surface area contributed by atoms with Crippen LogP contribution in [0, 0.1) is 40.4 Å². The lowest BCUT2D eigenvalue weighted by atomic mass is 9.47. The maximum absolute atomic E-state index is 12.8. The van der Waals surface area contributed by atoms with E-state index < -0.39 is 0 Å². The van der Waals surface area contributed by atoms with Gasteiger partial charge in [-0.25, -0.2) is 0 Å². The van der Waals surface area contributed by atoms with Gasteiger partial charge in [-0.05, 0) is 144 Å². The van der Waals surface area contributed by atoms with Crippen LogP contribution < -0.4 is 0 Å². The van der Waals surface area contributed by atoms with E-state index >= 15 is 0 Å². The lowest BCUT2D eigenvalue weighted by Gasteiger charge is -2.58. The van der Waals surface area contributed by atoms with Crippen molar-refractivity contribution in [3.8, 4) is 0 Å². The van der Waals surface area contributed by atoms with E-state index in [4.69, 9.17) is 4.74 Å². The number of rotatable bonds is 20. The highest BCUT2D eigenvalue weighted by Crippen LogP contribution is 2.67. The molecule has 0 saturated heterocycles. The minimum absolute atomic E-state index is 0.0506. The summed E-state index contributed by atoms with van der Waals surface area (Å²) in [6, 6.07) is 0. The second kappa shape index (κ2) is 19.2. The largest absolute Gasteiger partial charge is 0.462 e. The number of unbranched alkanes of at least 4 members (excludes halogenated alkanes) is 11. The number of carbonyl (C=O) groups excluding carboxylic acids is 1. The fraction of sp³-hybridized carbons (Fsp3) is 0.844. The molecule has 0 heterocycles. The molecule has 0 radical (unpaired) electrons. The van der Waals surface area contributed by atoms with Crippen molar-refractivity contribution in [2.75, 3.05) is 0 Å². The third-order valence-corrected chi connectivity index (χ3v) is 13.9. The Morgan fingerprint density at radius 3 is 2.23 bits per heavy atom. The van der Waals surface area contributed by atoms with Gasteiger partial charge in [0.2, 0.25) is 0 Å². The van der Waals surface area contributed by atoms with E-state index in [2.05, 4.69) is 65.8 Å². The first-order valence-corrected chi connectivity index (χ1v) is 20.9. The first-order chi connectivity index (χ1) is 22.7. The molecule has 0 aliphatic heterocycles. The van der Waals surface area contributed by atoms with Gasteiger partial charge in [0.1, 0.15) is 6.10 Å².